The molecule has 80 valence electrons. The molecule has 1 aromatic heterocycles. The van der Waals surface area contributed by atoms with Crippen LogP contribution in [0.25, 0.3) is 0 Å². The second kappa shape index (κ2) is 3.86. The van der Waals surface area contributed by atoms with E-state index < -0.39 is 6.10 Å². The van der Waals surface area contributed by atoms with Gasteiger partial charge in [-0.25, -0.2) is 0 Å². The van der Waals surface area contributed by atoms with E-state index >= 15 is 0 Å². The molecule has 15 heavy (non-hydrogen) atoms. The highest BCUT2D eigenvalue weighted by Crippen LogP contribution is 2.11. The molecule has 1 amide bonds. The zero-order chi connectivity index (χ0) is 10.8. The topological polar surface area (TPSA) is 73.4 Å². The van der Waals surface area contributed by atoms with E-state index in [0.29, 0.717) is 19.5 Å². The summed E-state index contributed by atoms with van der Waals surface area (Å²) in [4.78, 5) is 27.4. The number of rotatable bonds is 1. The Balaban J connectivity index is 2.22. The quantitative estimate of drug-likeness (QED) is 0.658. The number of nitrogens with one attached hydrogen (secondary N) is 1. The molecule has 2 N–H and O–H groups in total. The molecule has 2 heterocycles. The molecule has 1 saturated heterocycles. The Kier molecular flexibility index (Phi) is 2.55. The van der Waals surface area contributed by atoms with Crippen molar-refractivity contribution >= 4 is 5.91 Å². The van der Waals surface area contributed by atoms with Crippen LogP contribution in [0.5, 0.6) is 0 Å². The summed E-state index contributed by atoms with van der Waals surface area (Å²) in [6.45, 7) is 0.821. The van der Waals surface area contributed by atoms with Crippen LogP contribution in [-0.4, -0.2) is 40.1 Å². The van der Waals surface area contributed by atoms with Gasteiger partial charge in [-0.3, -0.25) is 9.59 Å². The first-order chi connectivity index (χ1) is 7.18. The third-order valence-electron chi connectivity index (χ3n) is 2.51. The molecule has 1 aliphatic heterocycles. The molecule has 0 saturated carbocycles. The van der Waals surface area contributed by atoms with Crippen molar-refractivity contribution in [1.29, 1.82) is 0 Å². The number of amides is 1. The molecule has 5 heteroatoms. The molecule has 2 rings (SSSR count). The number of aliphatic hydroxyl groups is 1. The van der Waals surface area contributed by atoms with Crippen LogP contribution in [0.1, 0.15) is 16.8 Å². The van der Waals surface area contributed by atoms with E-state index in [4.69, 9.17) is 0 Å². The number of aliphatic hydroxyl groups excluding tert-OH is 1. The van der Waals surface area contributed by atoms with Crippen LogP contribution in [-0.2, 0) is 0 Å². The lowest BCUT2D eigenvalue weighted by Crippen LogP contribution is -2.32. The van der Waals surface area contributed by atoms with Gasteiger partial charge in [0.25, 0.3) is 5.91 Å². The Hall–Kier alpha value is -1.62. The number of H-pyrrole nitrogens is 1. The molecule has 0 unspecified atom stereocenters. The van der Waals surface area contributed by atoms with Gasteiger partial charge in [-0.15, -0.1) is 0 Å². The monoisotopic (exact) mass is 208 g/mol. The number of aromatic amines is 1. The number of carbonyl (C=O) groups excluding carboxylic acids is 1. The molecule has 0 aliphatic carbocycles. The van der Waals surface area contributed by atoms with Crippen molar-refractivity contribution in [2.75, 3.05) is 13.1 Å². The van der Waals surface area contributed by atoms with Crippen molar-refractivity contribution in [1.82, 2.24) is 9.88 Å². The minimum absolute atomic E-state index is 0.131. The van der Waals surface area contributed by atoms with E-state index in [1.807, 2.05) is 0 Å². The first kappa shape index (κ1) is 9.92. The van der Waals surface area contributed by atoms with Gasteiger partial charge in [-0.05, 0) is 6.42 Å². The highest BCUT2D eigenvalue weighted by molar-refractivity contribution is 5.93. The molecular weight excluding hydrogens is 196 g/mol. The zero-order valence-electron chi connectivity index (χ0n) is 8.14. The summed E-state index contributed by atoms with van der Waals surface area (Å²) in [7, 11) is 0. The maximum atomic E-state index is 11.8. The summed E-state index contributed by atoms with van der Waals surface area (Å²) in [5.41, 5.74) is -0.160. The van der Waals surface area contributed by atoms with Crippen molar-refractivity contribution in [3.63, 3.8) is 0 Å². The first-order valence-electron chi connectivity index (χ1n) is 4.83. The van der Waals surface area contributed by atoms with Gasteiger partial charge in [0.05, 0.1) is 6.10 Å². The summed E-state index contributed by atoms with van der Waals surface area (Å²) in [6, 6.07) is 1.32. The molecule has 1 aliphatic rings. The number of β-amino-alcohol motifs (C(OH)–C–C–N with tert-alkyl or cyclic N) is 1. The SMILES string of the molecule is O=C(c1c[nH]ccc1=O)N1CC[C@H](O)C1. The fourth-order valence-electron chi connectivity index (χ4n) is 1.68. The second-order valence-corrected chi connectivity index (χ2v) is 3.62. The van der Waals surface area contributed by atoms with Crippen molar-refractivity contribution in [2.24, 2.45) is 0 Å². The Morgan fingerprint density at radius 1 is 1.60 bits per heavy atom. The van der Waals surface area contributed by atoms with Gasteiger partial charge in [0.2, 0.25) is 0 Å². The summed E-state index contributed by atoms with van der Waals surface area (Å²) in [6.07, 6.45) is 3.00. The van der Waals surface area contributed by atoms with Crippen LogP contribution in [0.15, 0.2) is 23.3 Å². The molecule has 0 aromatic carbocycles. The zero-order valence-corrected chi connectivity index (χ0v) is 8.14. The number of aromatic nitrogens is 1. The van der Waals surface area contributed by atoms with E-state index in [0.717, 1.165) is 0 Å². The third-order valence-corrected chi connectivity index (χ3v) is 2.51. The summed E-state index contributed by atoms with van der Waals surface area (Å²) >= 11 is 0. The number of likely N-dealkylation sites (tertiary alicyclic amines) is 1. The average Bonchev–Trinajstić information content (AvgIpc) is 2.65. The van der Waals surface area contributed by atoms with E-state index in [9.17, 15) is 14.7 Å². The predicted octanol–water partition coefficient (Wildman–Crippen LogP) is -0.418. The van der Waals surface area contributed by atoms with Gasteiger partial charge in [-0.1, -0.05) is 0 Å². The summed E-state index contributed by atoms with van der Waals surface area (Å²) < 4.78 is 0. The van der Waals surface area contributed by atoms with E-state index in [2.05, 4.69) is 4.98 Å². The predicted molar refractivity (Wildman–Crippen MR) is 53.6 cm³/mol. The molecule has 0 radical (unpaired) electrons. The summed E-state index contributed by atoms with van der Waals surface area (Å²) in [5.74, 6) is -0.312. The standard InChI is InChI=1S/C10H12N2O3/c13-7-2-4-12(6-7)10(15)8-5-11-3-1-9(8)14/h1,3,5,7,13H,2,4,6H2,(H,11,14)/t7-/m0/s1. The van der Waals surface area contributed by atoms with Gasteiger partial charge in [-0.2, -0.15) is 0 Å². The minimum atomic E-state index is -0.461. The van der Waals surface area contributed by atoms with Crippen LogP contribution in [0.3, 0.4) is 0 Å². The fraction of sp³-hybridized carbons (Fsp3) is 0.400. The number of hydrogen-bond acceptors (Lipinski definition) is 3. The number of nitrogens with zero attached hydrogens (tertiary/aromatic N) is 1. The van der Waals surface area contributed by atoms with Gasteiger partial charge in [0, 0.05) is 31.5 Å². The molecule has 0 bridgehead atoms. The van der Waals surface area contributed by atoms with Crippen LogP contribution in [0.4, 0.5) is 0 Å². The van der Waals surface area contributed by atoms with Crippen molar-refractivity contribution in [3.8, 4) is 0 Å². The maximum Gasteiger partial charge on any atom is 0.259 e. The molecule has 1 atom stereocenters. The van der Waals surface area contributed by atoms with Crippen LogP contribution in [0, 0.1) is 0 Å². The highest BCUT2D eigenvalue weighted by Gasteiger charge is 2.26. The molecule has 5 nitrogen and oxygen atoms in total. The lowest BCUT2D eigenvalue weighted by molar-refractivity contribution is 0.0763. The Labute approximate surface area is 86.3 Å². The second-order valence-electron chi connectivity index (χ2n) is 3.62. The van der Waals surface area contributed by atoms with E-state index in [-0.39, 0.29) is 16.9 Å². The Morgan fingerprint density at radius 3 is 3.00 bits per heavy atom. The first-order valence-corrected chi connectivity index (χ1v) is 4.83. The van der Waals surface area contributed by atoms with E-state index in [1.54, 1.807) is 0 Å². The third kappa shape index (κ3) is 1.92. The molecule has 1 fully saturated rings. The summed E-state index contributed by atoms with van der Waals surface area (Å²) in [5, 5.41) is 9.28. The van der Waals surface area contributed by atoms with E-state index in [1.165, 1.54) is 23.4 Å². The van der Waals surface area contributed by atoms with Crippen LogP contribution in [0.2, 0.25) is 0 Å². The van der Waals surface area contributed by atoms with Crippen LogP contribution >= 0.6 is 0 Å². The molecule has 1 aromatic rings. The van der Waals surface area contributed by atoms with Crippen molar-refractivity contribution in [2.45, 2.75) is 12.5 Å². The lowest BCUT2D eigenvalue weighted by atomic mass is 10.2. The average molecular weight is 208 g/mol. The lowest BCUT2D eigenvalue weighted by Gasteiger charge is -2.14. The smallest absolute Gasteiger partial charge is 0.259 e. The number of pyridine rings is 1. The maximum absolute atomic E-state index is 11.8. The Morgan fingerprint density at radius 2 is 2.40 bits per heavy atom. The number of carbonyl (C=O) groups is 1. The van der Waals surface area contributed by atoms with Crippen molar-refractivity contribution < 1.29 is 9.90 Å². The largest absolute Gasteiger partial charge is 0.391 e. The number of hydrogen-bond donors (Lipinski definition) is 2. The fourth-order valence-corrected chi connectivity index (χ4v) is 1.68. The van der Waals surface area contributed by atoms with Gasteiger partial charge >= 0.3 is 0 Å². The Bertz CT molecular complexity index is 427. The van der Waals surface area contributed by atoms with Crippen molar-refractivity contribution in [3.05, 3.63) is 34.2 Å². The van der Waals surface area contributed by atoms with Gasteiger partial charge in [0.1, 0.15) is 5.56 Å². The van der Waals surface area contributed by atoms with Gasteiger partial charge < -0.3 is 15.0 Å². The highest BCUT2D eigenvalue weighted by atomic mass is 16.3. The molecular formula is C10H12N2O3. The van der Waals surface area contributed by atoms with Crippen LogP contribution < -0.4 is 5.43 Å². The normalized spacial score (nSPS) is 20.6. The minimum Gasteiger partial charge on any atom is -0.391 e. The van der Waals surface area contributed by atoms with Gasteiger partial charge in [0.15, 0.2) is 5.43 Å². The molecule has 0 spiro atoms.